The van der Waals surface area contributed by atoms with Crippen molar-refractivity contribution in [1.29, 1.82) is 0 Å². The van der Waals surface area contributed by atoms with Gasteiger partial charge in [0.05, 0.1) is 6.54 Å². The SMILES string of the molecule is CCCNC(C)c1ccnc(N2CCn3cnnc3C2)c1. The van der Waals surface area contributed by atoms with Crippen LogP contribution in [0.15, 0.2) is 24.7 Å². The van der Waals surface area contributed by atoms with Gasteiger partial charge in [-0.25, -0.2) is 4.98 Å². The first-order chi connectivity index (χ1) is 10.3. The van der Waals surface area contributed by atoms with Gasteiger partial charge in [-0.3, -0.25) is 0 Å². The van der Waals surface area contributed by atoms with Gasteiger partial charge in [0, 0.05) is 25.3 Å². The maximum atomic E-state index is 4.52. The number of fused-ring (bicyclic) bond motifs is 1. The number of nitrogens with zero attached hydrogens (tertiary/aromatic N) is 5. The summed E-state index contributed by atoms with van der Waals surface area (Å²) in [6, 6.07) is 4.61. The first-order valence-electron chi connectivity index (χ1n) is 7.59. The lowest BCUT2D eigenvalue weighted by Gasteiger charge is -2.28. The zero-order chi connectivity index (χ0) is 14.7. The highest BCUT2D eigenvalue weighted by Gasteiger charge is 2.19. The summed E-state index contributed by atoms with van der Waals surface area (Å²) in [7, 11) is 0. The van der Waals surface area contributed by atoms with E-state index in [0.717, 1.165) is 44.2 Å². The zero-order valence-corrected chi connectivity index (χ0v) is 12.7. The van der Waals surface area contributed by atoms with Gasteiger partial charge in [0.2, 0.25) is 0 Å². The molecule has 3 rings (SSSR count). The molecule has 1 aliphatic rings. The minimum atomic E-state index is 0.347. The van der Waals surface area contributed by atoms with Gasteiger partial charge >= 0.3 is 0 Å². The van der Waals surface area contributed by atoms with Crippen molar-refractivity contribution in [2.24, 2.45) is 0 Å². The molecule has 3 heterocycles. The lowest BCUT2D eigenvalue weighted by molar-refractivity contribution is 0.552. The maximum absolute atomic E-state index is 4.52. The van der Waals surface area contributed by atoms with Gasteiger partial charge in [0.15, 0.2) is 5.82 Å². The van der Waals surface area contributed by atoms with Crippen molar-refractivity contribution in [1.82, 2.24) is 25.1 Å². The van der Waals surface area contributed by atoms with Gasteiger partial charge in [0.1, 0.15) is 12.1 Å². The van der Waals surface area contributed by atoms with Gasteiger partial charge in [-0.15, -0.1) is 10.2 Å². The molecule has 1 N–H and O–H groups in total. The Labute approximate surface area is 125 Å². The molecule has 0 amide bonds. The number of aromatic nitrogens is 4. The summed E-state index contributed by atoms with van der Waals surface area (Å²) in [5.74, 6) is 2.03. The van der Waals surface area contributed by atoms with E-state index in [1.807, 2.05) is 6.20 Å². The third-order valence-corrected chi connectivity index (χ3v) is 3.93. The van der Waals surface area contributed by atoms with Gasteiger partial charge in [-0.05, 0) is 37.6 Å². The van der Waals surface area contributed by atoms with Crippen molar-refractivity contribution in [2.45, 2.75) is 39.4 Å². The third-order valence-electron chi connectivity index (χ3n) is 3.93. The number of hydrogen-bond acceptors (Lipinski definition) is 5. The second kappa shape index (κ2) is 6.22. The molecule has 6 nitrogen and oxygen atoms in total. The molecule has 1 aliphatic heterocycles. The normalized spacial score (nSPS) is 15.8. The molecule has 0 radical (unpaired) electrons. The van der Waals surface area contributed by atoms with Crippen LogP contribution in [0, 0.1) is 0 Å². The van der Waals surface area contributed by atoms with Crippen LogP contribution in [0.1, 0.15) is 37.7 Å². The Morgan fingerprint density at radius 1 is 1.38 bits per heavy atom. The number of nitrogens with one attached hydrogen (secondary N) is 1. The second-order valence-corrected chi connectivity index (χ2v) is 5.49. The second-order valence-electron chi connectivity index (χ2n) is 5.49. The quantitative estimate of drug-likeness (QED) is 0.907. The molecule has 6 heteroatoms. The standard InChI is InChI=1S/C15H22N6/c1-3-5-16-12(2)13-4-6-17-14(9-13)20-7-8-21-11-18-19-15(21)10-20/h4,6,9,11-12,16H,3,5,7-8,10H2,1-2H3. The molecular weight excluding hydrogens is 264 g/mol. The van der Waals surface area contributed by atoms with Crippen molar-refractivity contribution in [3.63, 3.8) is 0 Å². The van der Waals surface area contributed by atoms with Crippen molar-refractivity contribution < 1.29 is 0 Å². The van der Waals surface area contributed by atoms with Gasteiger partial charge < -0.3 is 14.8 Å². The van der Waals surface area contributed by atoms with Gasteiger partial charge in [0.25, 0.3) is 0 Å². The minimum Gasteiger partial charge on any atom is -0.347 e. The predicted molar refractivity (Wildman–Crippen MR) is 82.0 cm³/mol. The highest BCUT2D eigenvalue weighted by Crippen LogP contribution is 2.21. The molecule has 2 aromatic rings. The molecule has 0 saturated carbocycles. The zero-order valence-electron chi connectivity index (χ0n) is 12.7. The fourth-order valence-corrected chi connectivity index (χ4v) is 2.62. The molecule has 112 valence electrons. The van der Waals surface area contributed by atoms with Crippen LogP contribution >= 0.6 is 0 Å². The van der Waals surface area contributed by atoms with Crippen LogP contribution < -0.4 is 10.2 Å². The summed E-state index contributed by atoms with van der Waals surface area (Å²) < 4.78 is 2.10. The predicted octanol–water partition coefficient (Wildman–Crippen LogP) is 1.75. The average molecular weight is 286 g/mol. The van der Waals surface area contributed by atoms with E-state index in [-0.39, 0.29) is 0 Å². The van der Waals surface area contributed by atoms with E-state index in [2.05, 4.69) is 55.9 Å². The summed E-state index contributed by atoms with van der Waals surface area (Å²) in [6.45, 7) is 8.04. The monoisotopic (exact) mass is 286 g/mol. The molecule has 0 aromatic carbocycles. The maximum Gasteiger partial charge on any atom is 0.152 e. The number of anilines is 1. The number of rotatable bonds is 5. The largest absolute Gasteiger partial charge is 0.347 e. The molecule has 2 aromatic heterocycles. The van der Waals surface area contributed by atoms with Crippen LogP contribution in [-0.2, 0) is 13.1 Å². The highest BCUT2D eigenvalue weighted by atomic mass is 15.3. The summed E-state index contributed by atoms with van der Waals surface area (Å²) in [6.07, 6.45) is 4.84. The topological polar surface area (TPSA) is 58.9 Å². The lowest BCUT2D eigenvalue weighted by atomic mass is 10.1. The Hall–Kier alpha value is -1.95. The number of hydrogen-bond donors (Lipinski definition) is 1. The third kappa shape index (κ3) is 3.05. The fourth-order valence-electron chi connectivity index (χ4n) is 2.62. The van der Waals surface area contributed by atoms with E-state index in [4.69, 9.17) is 0 Å². The van der Waals surface area contributed by atoms with E-state index in [1.54, 1.807) is 6.33 Å². The van der Waals surface area contributed by atoms with Crippen molar-refractivity contribution in [2.75, 3.05) is 18.0 Å². The van der Waals surface area contributed by atoms with Crippen molar-refractivity contribution in [3.8, 4) is 0 Å². The lowest BCUT2D eigenvalue weighted by Crippen LogP contribution is -2.34. The fraction of sp³-hybridized carbons (Fsp3) is 0.533. The Morgan fingerprint density at radius 2 is 2.29 bits per heavy atom. The van der Waals surface area contributed by atoms with E-state index >= 15 is 0 Å². The van der Waals surface area contributed by atoms with Crippen LogP contribution in [0.25, 0.3) is 0 Å². The van der Waals surface area contributed by atoms with Gasteiger partial charge in [-0.2, -0.15) is 0 Å². The molecule has 0 saturated heterocycles. The smallest absolute Gasteiger partial charge is 0.152 e. The molecule has 1 atom stereocenters. The van der Waals surface area contributed by atoms with Crippen LogP contribution in [-0.4, -0.2) is 32.8 Å². The minimum absolute atomic E-state index is 0.347. The van der Waals surface area contributed by atoms with E-state index in [9.17, 15) is 0 Å². The van der Waals surface area contributed by atoms with E-state index in [1.165, 1.54) is 5.56 Å². The Kier molecular flexibility index (Phi) is 4.15. The van der Waals surface area contributed by atoms with Crippen molar-refractivity contribution in [3.05, 3.63) is 36.0 Å². The van der Waals surface area contributed by atoms with Crippen LogP contribution in [0.4, 0.5) is 5.82 Å². The summed E-state index contributed by atoms with van der Waals surface area (Å²) in [5.41, 5.74) is 1.28. The molecule has 0 fully saturated rings. The first kappa shape index (κ1) is 14.0. The van der Waals surface area contributed by atoms with E-state index in [0.29, 0.717) is 6.04 Å². The Balaban J connectivity index is 1.74. The summed E-state index contributed by atoms with van der Waals surface area (Å²) in [4.78, 5) is 6.79. The summed E-state index contributed by atoms with van der Waals surface area (Å²) in [5, 5.41) is 11.6. The molecular formula is C15H22N6. The van der Waals surface area contributed by atoms with Crippen LogP contribution in [0.5, 0.6) is 0 Å². The number of pyridine rings is 1. The highest BCUT2D eigenvalue weighted by molar-refractivity contribution is 5.42. The molecule has 0 aliphatic carbocycles. The van der Waals surface area contributed by atoms with Crippen LogP contribution in [0.2, 0.25) is 0 Å². The Bertz CT molecular complexity index is 593. The van der Waals surface area contributed by atoms with Gasteiger partial charge in [-0.1, -0.05) is 6.92 Å². The van der Waals surface area contributed by atoms with Crippen molar-refractivity contribution >= 4 is 5.82 Å². The van der Waals surface area contributed by atoms with E-state index < -0.39 is 0 Å². The molecule has 1 unspecified atom stereocenters. The Morgan fingerprint density at radius 3 is 3.14 bits per heavy atom. The first-order valence-corrected chi connectivity index (χ1v) is 7.59. The van der Waals surface area contributed by atoms with Crippen LogP contribution in [0.3, 0.4) is 0 Å². The summed E-state index contributed by atoms with van der Waals surface area (Å²) >= 11 is 0. The molecule has 0 bridgehead atoms. The molecule has 0 spiro atoms. The average Bonchev–Trinajstić information content (AvgIpc) is 3.00. The molecule has 21 heavy (non-hydrogen) atoms.